The molecule has 0 spiro atoms. The first-order valence-electron chi connectivity index (χ1n) is 7.72. The summed E-state index contributed by atoms with van der Waals surface area (Å²) in [7, 11) is 0. The van der Waals surface area contributed by atoms with Gasteiger partial charge in [-0.3, -0.25) is 4.79 Å². The smallest absolute Gasteiger partial charge is 0.227 e. The van der Waals surface area contributed by atoms with Gasteiger partial charge in [0.1, 0.15) is 0 Å². The zero-order chi connectivity index (χ0) is 14.7. The van der Waals surface area contributed by atoms with E-state index in [1.54, 1.807) is 6.20 Å². The Morgan fingerprint density at radius 3 is 2.90 bits per heavy atom. The Bertz CT molecular complexity index is 457. The number of carbonyl (C=O) groups is 1. The Balaban J connectivity index is 1.59. The lowest BCUT2D eigenvalue weighted by molar-refractivity contribution is -0.187. The van der Waals surface area contributed by atoms with E-state index in [4.69, 9.17) is 9.47 Å². The topological polar surface area (TPSA) is 56.6 Å². The van der Waals surface area contributed by atoms with E-state index in [-0.39, 0.29) is 12.2 Å². The van der Waals surface area contributed by atoms with Crippen LogP contribution >= 0.6 is 0 Å². The number of likely N-dealkylation sites (tertiary alicyclic amines) is 1. The Kier molecular flexibility index (Phi) is 4.55. The Morgan fingerprint density at radius 2 is 2.19 bits per heavy atom. The molecule has 3 rings (SSSR count). The number of hydrogen-bond acceptors (Lipinski definition) is 4. The first kappa shape index (κ1) is 14.5. The second-order valence-corrected chi connectivity index (χ2v) is 5.91. The second kappa shape index (κ2) is 6.58. The SMILES string of the molecule is C[C@@H]1CCN(C(=O)CC2OCCCO2)C[C@@H]1n1ccnc1. The van der Waals surface area contributed by atoms with Gasteiger partial charge in [0.15, 0.2) is 6.29 Å². The standard InChI is InChI=1S/C15H23N3O3/c1-12-3-5-17(10-13(12)18-6-4-16-11-18)14(19)9-15-20-7-2-8-21-15/h4,6,11-13,15H,2-3,5,7-10H2,1H3/t12-,13+/m1/s1. The zero-order valence-corrected chi connectivity index (χ0v) is 12.5. The molecule has 21 heavy (non-hydrogen) atoms. The van der Waals surface area contributed by atoms with Gasteiger partial charge in [0, 0.05) is 25.5 Å². The van der Waals surface area contributed by atoms with E-state index in [2.05, 4.69) is 16.5 Å². The highest BCUT2D eigenvalue weighted by atomic mass is 16.7. The third kappa shape index (κ3) is 3.44. The number of piperidine rings is 1. The number of carbonyl (C=O) groups excluding carboxylic acids is 1. The van der Waals surface area contributed by atoms with Crippen LogP contribution in [0, 0.1) is 5.92 Å². The fourth-order valence-corrected chi connectivity index (χ4v) is 3.06. The van der Waals surface area contributed by atoms with Gasteiger partial charge in [-0.1, -0.05) is 6.92 Å². The van der Waals surface area contributed by atoms with Crippen LogP contribution in [0.2, 0.25) is 0 Å². The van der Waals surface area contributed by atoms with Crippen LogP contribution in [0.1, 0.15) is 32.2 Å². The Hall–Kier alpha value is -1.40. The van der Waals surface area contributed by atoms with Crippen molar-refractivity contribution in [1.82, 2.24) is 14.5 Å². The first-order chi connectivity index (χ1) is 10.2. The number of nitrogens with zero attached hydrogens (tertiary/aromatic N) is 3. The first-order valence-corrected chi connectivity index (χ1v) is 7.72. The van der Waals surface area contributed by atoms with Gasteiger partial charge in [0.2, 0.25) is 5.91 Å². The normalized spacial score (nSPS) is 27.8. The van der Waals surface area contributed by atoms with Crippen LogP contribution in [-0.4, -0.2) is 53.0 Å². The molecule has 1 aromatic rings. The number of hydrogen-bond donors (Lipinski definition) is 0. The number of aromatic nitrogens is 2. The summed E-state index contributed by atoms with van der Waals surface area (Å²) in [6.07, 6.45) is 7.49. The lowest BCUT2D eigenvalue weighted by atomic mass is 9.93. The van der Waals surface area contributed by atoms with E-state index in [0.29, 0.717) is 31.6 Å². The molecule has 2 aliphatic heterocycles. The maximum absolute atomic E-state index is 12.4. The van der Waals surface area contributed by atoms with Gasteiger partial charge in [-0.25, -0.2) is 4.98 Å². The van der Waals surface area contributed by atoms with E-state index in [9.17, 15) is 4.79 Å². The van der Waals surface area contributed by atoms with Gasteiger partial charge < -0.3 is 18.9 Å². The molecule has 0 unspecified atom stereocenters. The Morgan fingerprint density at radius 1 is 1.38 bits per heavy atom. The molecule has 1 aromatic heterocycles. The highest BCUT2D eigenvalue weighted by molar-refractivity contribution is 5.76. The van der Waals surface area contributed by atoms with E-state index < -0.39 is 0 Å². The molecule has 0 aliphatic carbocycles. The van der Waals surface area contributed by atoms with E-state index in [1.165, 1.54) is 0 Å². The van der Waals surface area contributed by atoms with E-state index in [0.717, 1.165) is 25.9 Å². The molecule has 2 atom stereocenters. The van der Waals surface area contributed by atoms with Crippen LogP contribution in [0.5, 0.6) is 0 Å². The predicted octanol–water partition coefficient (Wildman–Crippen LogP) is 1.45. The highest BCUT2D eigenvalue weighted by Gasteiger charge is 2.31. The monoisotopic (exact) mass is 293 g/mol. The number of amides is 1. The quantitative estimate of drug-likeness (QED) is 0.846. The van der Waals surface area contributed by atoms with Crippen LogP contribution in [0.3, 0.4) is 0 Å². The van der Waals surface area contributed by atoms with Gasteiger partial charge in [-0.2, -0.15) is 0 Å². The Labute approximate surface area is 125 Å². The molecule has 6 heteroatoms. The minimum absolute atomic E-state index is 0.124. The van der Waals surface area contributed by atoms with Crippen LogP contribution < -0.4 is 0 Å². The maximum Gasteiger partial charge on any atom is 0.227 e. The minimum Gasteiger partial charge on any atom is -0.352 e. The molecule has 0 aromatic carbocycles. The average Bonchev–Trinajstić information content (AvgIpc) is 3.03. The largest absolute Gasteiger partial charge is 0.352 e. The molecule has 0 N–H and O–H groups in total. The van der Waals surface area contributed by atoms with Crippen molar-refractivity contribution in [2.45, 2.75) is 38.5 Å². The highest BCUT2D eigenvalue weighted by Crippen LogP contribution is 2.28. The van der Waals surface area contributed by atoms with Crippen molar-refractivity contribution >= 4 is 5.91 Å². The molecule has 2 aliphatic rings. The molecule has 2 fully saturated rings. The summed E-state index contributed by atoms with van der Waals surface area (Å²) in [5, 5.41) is 0. The summed E-state index contributed by atoms with van der Waals surface area (Å²) in [6, 6.07) is 0.304. The summed E-state index contributed by atoms with van der Waals surface area (Å²) in [4.78, 5) is 18.5. The number of rotatable bonds is 3. The van der Waals surface area contributed by atoms with Crippen LogP contribution in [-0.2, 0) is 14.3 Å². The molecule has 2 saturated heterocycles. The van der Waals surface area contributed by atoms with Crippen LogP contribution in [0.4, 0.5) is 0 Å². The number of imidazole rings is 1. The summed E-state index contributed by atoms with van der Waals surface area (Å²) < 4.78 is 13.1. The second-order valence-electron chi connectivity index (χ2n) is 5.91. The van der Waals surface area contributed by atoms with Gasteiger partial charge in [0.05, 0.1) is 32.0 Å². The van der Waals surface area contributed by atoms with E-state index in [1.807, 2.05) is 17.4 Å². The minimum atomic E-state index is -0.364. The fraction of sp³-hybridized carbons (Fsp3) is 0.733. The van der Waals surface area contributed by atoms with Crippen molar-refractivity contribution in [2.75, 3.05) is 26.3 Å². The molecule has 0 bridgehead atoms. The van der Waals surface area contributed by atoms with Crippen molar-refractivity contribution in [3.63, 3.8) is 0 Å². The summed E-state index contributed by atoms with van der Waals surface area (Å²) >= 11 is 0. The van der Waals surface area contributed by atoms with E-state index >= 15 is 0 Å². The molecular weight excluding hydrogens is 270 g/mol. The molecule has 6 nitrogen and oxygen atoms in total. The average molecular weight is 293 g/mol. The molecule has 116 valence electrons. The lowest BCUT2D eigenvalue weighted by Crippen LogP contribution is -2.45. The molecular formula is C15H23N3O3. The molecule has 3 heterocycles. The van der Waals surface area contributed by atoms with Crippen molar-refractivity contribution in [2.24, 2.45) is 5.92 Å². The maximum atomic E-state index is 12.4. The summed E-state index contributed by atoms with van der Waals surface area (Å²) in [5.41, 5.74) is 0. The summed E-state index contributed by atoms with van der Waals surface area (Å²) in [5.74, 6) is 0.671. The zero-order valence-electron chi connectivity index (χ0n) is 12.5. The van der Waals surface area contributed by atoms with Crippen LogP contribution in [0.25, 0.3) is 0 Å². The van der Waals surface area contributed by atoms with Crippen LogP contribution in [0.15, 0.2) is 18.7 Å². The van der Waals surface area contributed by atoms with Gasteiger partial charge in [-0.15, -0.1) is 0 Å². The number of ether oxygens (including phenoxy) is 2. The molecule has 1 amide bonds. The van der Waals surface area contributed by atoms with Crippen molar-refractivity contribution in [1.29, 1.82) is 0 Å². The fourth-order valence-electron chi connectivity index (χ4n) is 3.06. The van der Waals surface area contributed by atoms with Gasteiger partial charge >= 0.3 is 0 Å². The van der Waals surface area contributed by atoms with Crippen molar-refractivity contribution < 1.29 is 14.3 Å². The molecule has 0 saturated carbocycles. The summed E-state index contributed by atoms with van der Waals surface area (Å²) in [6.45, 7) is 5.17. The van der Waals surface area contributed by atoms with Gasteiger partial charge in [-0.05, 0) is 18.8 Å². The third-order valence-electron chi connectivity index (χ3n) is 4.42. The lowest BCUT2D eigenvalue weighted by Gasteiger charge is -2.38. The third-order valence-corrected chi connectivity index (χ3v) is 4.42. The van der Waals surface area contributed by atoms with Crippen molar-refractivity contribution in [3.05, 3.63) is 18.7 Å². The predicted molar refractivity (Wildman–Crippen MR) is 76.6 cm³/mol. The van der Waals surface area contributed by atoms with Crippen molar-refractivity contribution in [3.8, 4) is 0 Å². The van der Waals surface area contributed by atoms with Gasteiger partial charge in [0.25, 0.3) is 0 Å². The molecule has 0 radical (unpaired) electrons.